The van der Waals surface area contributed by atoms with E-state index in [4.69, 9.17) is 10.3 Å². The molecule has 1 N–H and O–H groups in total. The van der Waals surface area contributed by atoms with Gasteiger partial charge in [0.15, 0.2) is 0 Å². The highest BCUT2D eigenvalue weighted by Crippen LogP contribution is 2.13. The number of halogens is 2. The summed E-state index contributed by atoms with van der Waals surface area (Å²) in [6.45, 7) is 0.230. The summed E-state index contributed by atoms with van der Waals surface area (Å²) in [6, 6.07) is 2.61. The minimum atomic E-state index is -0.628. The molecule has 5 nitrogen and oxygen atoms in total. The number of nitrogens with one attached hydrogen (secondary N) is 1. The second kappa shape index (κ2) is 7.68. The molecule has 0 aliphatic rings. The van der Waals surface area contributed by atoms with Crippen LogP contribution in [0.1, 0.15) is 5.56 Å². The summed E-state index contributed by atoms with van der Waals surface area (Å²) in [7, 11) is 3.18. The number of methoxy groups -OCH3 is 1. The largest absolute Gasteiger partial charge is 0.384 e. The first-order valence-corrected chi connectivity index (χ1v) is 5.76. The molecule has 0 fully saturated rings. The Hall–Kier alpha value is -1.69. The Balaban J connectivity index is 2.87. The van der Waals surface area contributed by atoms with Crippen LogP contribution >= 0.6 is 0 Å². The van der Waals surface area contributed by atoms with Crippen molar-refractivity contribution in [2.75, 3.05) is 20.8 Å². The maximum absolute atomic E-state index is 13.1. The number of azide groups is 1. The molecule has 7 heteroatoms. The van der Waals surface area contributed by atoms with Crippen LogP contribution in [0.3, 0.4) is 0 Å². The zero-order valence-electron chi connectivity index (χ0n) is 10.8. The summed E-state index contributed by atoms with van der Waals surface area (Å²) in [6.07, 6.45) is 0.332. The van der Waals surface area contributed by atoms with E-state index in [-0.39, 0.29) is 12.6 Å². The van der Waals surface area contributed by atoms with Crippen LogP contribution in [0.25, 0.3) is 10.4 Å². The first-order valence-electron chi connectivity index (χ1n) is 5.76. The van der Waals surface area contributed by atoms with Crippen molar-refractivity contribution in [3.63, 3.8) is 0 Å². The van der Waals surface area contributed by atoms with E-state index in [0.717, 1.165) is 6.07 Å². The Kier molecular flexibility index (Phi) is 6.21. The van der Waals surface area contributed by atoms with Gasteiger partial charge in [0.1, 0.15) is 11.6 Å². The Morgan fingerprint density at radius 1 is 1.37 bits per heavy atom. The number of rotatable bonds is 7. The van der Waals surface area contributed by atoms with Crippen LogP contribution in [0.2, 0.25) is 0 Å². The van der Waals surface area contributed by atoms with Crippen molar-refractivity contribution >= 4 is 0 Å². The van der Waals surface area contributed by atoms with Gasteiger partial charge in [-0.15, -0.1) is 0 Å². The highest BCUT2D eigenvalue weighted by atomic mass is 19.1. The number of benzene rings is 1. The first kappa shape index (κ1) is 15.4. The molecule has 0 saturated carbocycles. The molecule has 0 aromatic heterocycles. The molecule has 0 spiro atoms. The fourth-order valence-corrected chi connectivity index (χ4v) is 1.88. The molecule has 0 amide bonds. The minimum absolute atomic E-state index is 0.230. The van der Waals surface area contributed by atoms with Crippen LogP contribution in [-0.2, 0) is 11.2 Å². The van der Waals surface area contributed by atoms with Crippen molar-refractivity contribution in [3.05, 3.63) is 45.8 Å². The van der Waals surface area contributed by atoms with Crippen LogP contribution in [-0.4, -0.2) is 32.8 Å². The third-order valence-electron chi connectivity index (χ3n) is 2.75. The van der Waals surface area contributed by atoms with E-state index in [0.29, 0.717) is 12.0 Å². The number of likely N-dealkylation sites (N-methyl/N-ethyl adjacent to an activating group) is 1. The maximum Gasteiger partial charge on any atom is 0.126 e. The van der Waals surface area contributed by atoms with E-state index < -0.39 is 17.7 Å². The topological polar surface area (TPSA) is 70.0 Å². The molecule has 0 heterocycles. The van der Waals surface area contributed by atoms with Gasteiger partial charge in [0, 0.05) is 24.1 Å². The summed E-state index contributed by atoms with van der Waals surface area (Å²) in [5.74, 6) is -1.26. The van der Waals surface area contributed by atoms with Crippen LogP contribution in [0.4, 0.5) is 8.78 Å². The van der Waals surface area contributed by atoms with E-state index in [1.54, 1.807) is 7.05 Å². The van der Waals surface area contributed by atoms with Gasteiger partial charge in [-0.2, -0.15) is 0 Å². The van der Waals surface area contributed by atoms with Crippen LogP contribution in [0.5, 0.6) is 0 Å². The third-order valence-corrected chi connectivity index (χ3v) is 2.75. The van der Waals surface area contributed by atoms with Gasteiger partial charge in [0.05, 0.1) is 12.6 Å². The molecule has 2 unspecified atom stereocenters. The van der Waals surface area contributed by atoms with Crippen LogP contribution in [0.15, 0.2) is 23.3 Å². The lowest BCUT2D eigenvalue weighted by Crippen LogP contribution is -2.40. The van der Waals surface area contributed by atoms with Crippen molar-refractivity contribution in [1.29, 1.82) is 0 Å². The Morgan fingerprint density at radius 2 is 2.00 bits per heavy atom. The van der Waals surface area contributed by atoms with Crippen LogP contribution in [0, 0.1) is 11.6 Å². The molecule has 2 atom stereocenters. The zero-order chi connectivity index (χ0) is 14.3. The summed E-state index contributed by atoms with van der Waals surface area (Å²) < 4.78 is 31.2. The molecule has 0 radical (unpaired) electrons. The second-order valence-electron chi connectivity index (χ2n) is 4.10. The molecule has 0 bridgehead atoms. The highest BCUT2D eigenvalue weighted by molar-refractivity contribution is 5.19. The molecule has 19 heavy (non-hydrogen) atoms. The fraction of sp³-hybridized carbons (Fsp3) is 0.500. The summed E-state index contributed by atoms with van der Waals surface area (Å²) in [5.41, 5.74) is 9.01. The van der Waals surface area contributed by atoms with E-state index in [1.807, 2.05) is 0 Å². The number of hydrogen-bond donors (Lipinski definition) is 1. The maximum atomic E-state index is 13.1. The smallest absolute Gasteiger partial charge is 0.126 e. The number of hydrogen-bond acceptors (Lipinski definition) is 3. The van der Waals surface area contributed by atoms with Crippen molar-refractivity contribution in [2.24, 2.45) is 5.11 Å². The minimum Gasteiger partial charge on any atom is -0.384 e. The van der Waals surface area contributed by atoms with E-state index in [1.165, 1.54) is 19.2 Å². The fourth-order valence-electron chi connectivity index (χ4n) is 1.88. The predicted molar refractivity (Wildman–Crippen MR) is 67.7 cm³/mol. The van der Waals surface area contributed by atoms with Gasteiger partial charge in [-0.25, -0.2) is 8.78 Å². The standard InChI is InChI=1S/C12H16F2N4O/c1-16-11(12(7-19-2)17-18-15)5-8-3-9(13)6-10(14)4-8/h3-4,6,11-12,16H,5,7H2,1-2H3. The van der Waals surface area contributed by atoms with Crippen molar-refractivity contribution < 1.29 is 13.5 Å². The zero-order valence-corrected chi connectivity index (χ0v) is 10.8. The molecule has 1 aromatic carbocycles. The summed E-state index contributed by atoms with van der Waals surface area (Å²) in [4.78, 5) is 2.76. The third kappa shape index (κ3) is 4.82. The van der Waals surface area contributed by atoms with Crippen molar-refractivity contribution in [1.82, 2.24) is 5.32 Å². The molecule has 1 rings (SSSR count). The molecule has 104 valence electrons. The molecule has 0 aliphatic carbocycles. The Labute approximate surface area is 110 Å². The van der Waals surface area contributed by atoms with Gasteiger partial charge in [-0.3, -0.25) is 0 Å². The normalized spacial score (nSPS) is 13.7. The molecule has 0 aliphatic heterocycles. The second-order valence-corrected chi connectivity index (χ2v) is 4.10. The Bertz CT molecular complexity index is 443. The van der Waals surface area contributed by atoms with Gasteiger partial charge in [-0.1, -0.05) is 5.11 Å². The van der Waals surface area contributed by atoms with E-state index in [2.05, 4.69) is 15.3 Å². The van der Waals surface area contributed by atoms with Crippen molar-refractivity contribution in [3.8, 4) is 0 Å². The van der Waals surface area contributed by atoms with Gasteiger partial charge < -0.3 is 10.1 Å². The SMILES string of the molecule is CNC(Cc1cc(F)cc(F)c1)C(COC)N=[N+]=[N-]. The van der Waals surface area contributed by atoms with Crippen LogP contribution < -0.4 is 5.32 Å². The molecular weight excluding hydrogens is 254 g/mol. The Morgan fingerprint density at radius 3 is 2.47 bits per heavy atom. The van der Waals surface area contributed by atoms with Gasteiger partial charge in [-0.05, 0) is 36.7 Å². The van der Waals surface area contributed by atoms with Gasteiger partial charge in [0.2, 0.25) is 0 Å². The first-order chi connectivity index (χ1) is 9.10. The lowest BCUT2D eigenvalue weighted by Gasteiger charge is -2.22. The lowest BCUT2D eigenvalue weighted by atomic mass is 10.00. The molecule has 0 saturated heterocycles. The van der Waals surface area contributed by atoms with E-state index >= 15 is 0 Å². The monoisotopic (exact) mass is 270 g/mol. The lowest BCUT2D eigenvalue weighted by molar-refractivity contribution is 0.165. The molecular formula is C12H16F2N4O. The average Bonchev–Trinajstić information content (AvgIpc) is 2.34. The summed E-state index contributed by atoms with van der Waals surface area (Å²) in [5, 5.41) is 6.60. The predicted octanol–water partition coefficient (Wildman–Crippen LogP) is 2.42. The summed E-state index contributed by atoms with van der Waals surface area (Å²) >= 11 is 0. The molecule has 1 aromatic rings. The van der Waals surface area contributed by atoms with Gasteiger partial charge in [0.25, 0.3) is 0 Å². The van der Waals surface area contributed by atoms with Gasteiger partial charge >= 0.3 is 0 Å². The number of nitrogens with zero attached hydrogens (tertiary/aromatic N) is 3. The average molecular weight is 270 g/mol. The number of ether oxygens (including phenoxy) is 1. The van der Waals surface area contributed by atoms with Crippen molar-refractivity contribution in [2.45, 2.75) is 18.5 Å². The van der Waals surface area contributed by atoms with E-state index in [9.17, 15) is 8.78 Å². The highest BCUT2D eigenvalue weighted by Gasteiger charge is 2.19. The quantitative estimate of drug-likeness (QED) is 0.469.